The van der Waals surface area contributed by atoms with Gasteiger partial charge >= 0.3 is 0 Å². The Balaban J connectivity index is 1.45. The molecule has 0 aromatic heterocycles. The van der Waals surface area contributed by atoms with Gasteiger partial charge in [0.25, 0.3) is 5.91 Å². The largest absolute Gasteiger partial charge is 0.376 e. The van der Waals surface area contributed by atoms with E-state index in [0.29, 0.717) is 19.6 Å². The van der Waals surface area contributed by atoms with Crippen LogP contribution in [0.1, 0.15) is 36.8 Å². The minimum Gasteiger partial charge on any atom is -0.376 e. The predicted octanol–water partition coefficient (Wildman–Crippen LogP) is 1.77. The van der Waals surface area contributed by atoms with Gasteiger partial charge in [-0.15, -0.1) is 0 Å². The highest BCUT2D eigenvalue weighted by molar-refractivity contribution is 6.38. The summed E-state index contributed by atoms with van der Waals surface area (Å²) in [7, 11) is 0. The molecule has 2 heterocycles. The second-order valence-corrected chi connectivity index (χ2v) is 9.02. The number of amides is 3. The van der Waals surface area contributed by atoms with Crippen LogP contribution in [0.5, 0.6) is 0 Å². The van der Waals surface area contributed by atoms with Crippen LogP contribution >= 0.6 is 0 Å². The average Bonchev–Trinajstić information content (AvgIpc) is 3.53. The number of nitrogens with zero attached hydrogens (tertiary/aromatic N) is 1. The molecule has 0 bridgehead atoms. The van der Waals surface area contributed by atoms with E-state index in [1.54, 1.807) is 4.90 Å². The van der Waals surface area contributed by atoms with Gasteiger partial charge in [-0.05, 0) is 30.4 Å². The quantitative estimate of drug-likeness (QED) is 0.508. The fourth-order valence-electron chi connectivity index (χ4n) is 4.57. The number of hydrogen-bond donors (Lipinski definition) is 2. The topological polar surface area (TPSA) is 105 Å². The van der Waals surface area contributed by atoms with E-state index in [2.05, 4.69) is 10.6 Å². The van der Waals surface area contributed by atoms with Crippen LogP contribution in [0.3, 0.4) is 0 Å². The first-order valence-electron chi connectivity index (χ1n) is 12.1. The SMILES string of the molecule is O=C(NC[C@@H]1CCCO1)C(=O)C(Cc1ccccc1)NC(=O)[C@@H]1CCC(=O)N1Cc1ccccc1. The van der Waals surface area contributed by atoms with Crippen LogP contribution in [0.2, 0.25) is 0 Å². The lowest BCUT2D eigenvalue weighted by atomic mass is 10.0. The van der Waals surface area contributed by atoms with Crippen LogP contribution in [0.25, 0.3) is 0 Å². The van der Waals surface area contributed by atoms with Crippen LogP contribution in [0.15, 0.2) is 60.7 Å². The number of hydrogen-bond acceptors (Lipinski definition) is 5. The van der Waals surface area contributed by atoms with Crippen LogP contribution in [-0.4, -0.2) is 59.7 Å². The number of Topliss-reactive ketones (excluding diaryl/α,β-unsaturated/α-hetero) is 1. The highest BCUT2D eigenvalue weighted by Gasteiger charge is 2.38. The normalized spacial score (nSPS) is 20.5. The molecule has 0 radical (unpaired) electrons. The zero-order valence-corrected chi connectivity index (χ0v) is 19.7. The minimum absolute atomic E-state index is 0.0926. The van der Waals surface area contributed by atoms with E-state index >= 15 is 0 Å². The third kappa shape index (κ3) is 6.54. The van der Waals surface area contributed by atoms with Crippen molar-refractivity contribution in [3.63, 3.8) is 0 Å². The van der Waals surface area contributed by atoms with Crippen molar-refractivity contribution in [3.05, 3.63) is 71.8 Å². The average molecular weight is 478 g/mol. The molecule has 8 nitrogen and oxygen atoms in total. The summed E-state index contributed by atoms with van der Waals surface area (Å²) in [4.78, 5) is 53.1. The van der Waals surface area contributed by atoms with Crippen molar-refractivity contribution in [2.75, 3.05) is 13.2 Å². The van der Waals surface area contributed by atoms with Crippen molar-refractivity contribution in [2.45, 2.75) is 56.8 Å². The van der Waals surface area contributed by atoms with Gasteiger partial charge in [0.15, 0.2) is 0 Å². The van der Waals surface area contributed by atoms with Gasteiger partial charge in [-0.25, -0.2) is 0 Å². The highest BCUT2D eigenvalue weighted by Crippen LogP contribution is 2.22. The predicted molar refractivity (Wildman–Crippen MR) is 129 cm³/mol. The molecule has 3 atom stereocenters. The molecule has 2 fully saturated rings. The van der Waals surface area contributed by atoms with E-state index in [-0.39, 0.29) is 31.4 Å². The zero-order valence-electron chi connectivity index (χ0n) is 19.7. The van der Waals surface area contributed by atoms with E-state index in [4.69, 9.17) is 4.74 Å². The second-order valence-electron chi connectivity index (χ2n) is 9.02. The van der Waals surface area contributed by atoms with E-state index in [9.17, 15) is 19.2 Å². The minimum atomic E-state index is -1.04. The summed E-state index contributed by atoms with van der Waals surface area (Å²) in [5, 5.41) is 5.43. The van der Waals surface area contributed by atoms with Gasteiger partial charge in [-0.2, -0.15) is 0 Å². The number of likely N-dealkylation sites (tertiary alicyclic amines) is 1. The van der Waals surface area contributed by atoms with Gasteiger partial charge in [0, 0.05) is 32.5 Å². The molecule has 1 unspecified atom stereocenters. The summed E-state index contributed by atoms with van der Waals surface area (Å²) >= 11 is 0. The number of carbonyl (C=O) groups excluding carboxylic acids is 4. The van der Waals surface area contributed by atoms with Crippen LogP contribution in [-0.2, 0) is 36.9 Å². The van der Waals surface area contributed by atoms with Gasteiger partial charge in [0.05, 0.1) is 6.10 Å². The molecule has 4 rings (SSSR count). The summed E-state index contributed by atoms with van der Waals surface area (Å²) in [5.74, 6) is -1.98. The molecule has 8 heteroatoms. The Labute approximate surface area is 205 Å². The maximum atomic E-state index is 13.3. The lowest BCUT2D eigenvalue weighted by Gasteiger charge is -2.26. The van der Waals surface area contributed by atoms with E-state index in [1.165, 1.54) is 0 Å². The van der Waals surface area contributed by atoms with Crippen molar-refractivity contribution in [1.82, 2.24) is 15.5 Å². The van der Waals surface area contributed by atoms with Crippen LogP contribution in [0.4, 0.5) is 0 Å². The summed E-state index contributed by atoms with van der Waals surface area (Å²) in [6, 6.07) is 17.0. The van der Waals surface area contributed by atoms with Crippen molar-refractivity contribution in [2.24, 2.45) is 0 Å². The molecule has 2 aliphatic rings. The summed E-state index contributed by atoms with van der Waals surface area (Å²) in [6.45, 7) is 1.23. The number of ketones is 1. The monoisotopic (exact) mass is 477 g/mol. The maximum absolute atomic E-state index is 13.3. The van der Waals surface area contributed by atoms with E-state index in [1.807, 2.05) is 60.7 Å². The Morgan fingerprint density at radius 1 is 0.971 bits per heavy atom. The number of ether oxygens (including phenoxy) is 1. The third-order valence-corrected chi connectivity index (χ3v) is 6.48. The van der Waals surface area contributed by atoms with Gasteiger partial charge in [0.2, 0.25) is 17.6 Å². The number of nitrogens with one attached hydrogen (secondary N) is 2. The smallest absolute Gasteiger partial charge is 0.289 e. The van der Waals surface area contributed by atoms with Gasteiger partial charge in [-0.3, -0.25) is 19.2 Å². The summed E-state index contributed by atoms with van der Waals surface area (Å²) < 4.78 is 5.51. The summed E-state index contributed by atoms with van der Waals surface area (Å²) in [6.07, 6.45) is 2.49. The molecular weight excluding hydrogens is 446 g/mol. The van der Waals surface area contributed by atoms with Crippen molar-refractivity contribution < 1.29 is 23.9 Å². The third-order valence-electron chi connectivity index (χ3n) is 6.48. The molecule has 2 aliphatic heterocycles. The summed E-state index contributed by atoms with van der Waals surface area (Å²) in [5.41, 5.74) is 1.74. The Hall–Kier alpha value is -3.52. The fourth-order valence-corrected chi connectivity index (χ4v) is 4.57. The molecule has 0 aliphatic carbocycles. The lowest BCUT2D eigenvalue weighted by molar-refractivity contribution is -0.141. The Morgan fingerprint density at radius 2 is 1.66 bits per heavy atom. The molecule has 184 valence electrons. The zero-order chi connectivity index (χ0) is 24.6. The number of rotatable bonds is 10. The van der Waals surface area contributed by atoms with Crippen LogP contribution < -0.4 is 10.6 Å². The van der Waals surface area contributed by atoms with E-state index in [0.717, 1.165) is 24.0 Å². The Morgan fingerprint density at radius 3 is 2.31 bits per heavy atom. The van der Waals surface area contributed by atoms with Crippen LogP contribution in [0, 0.1) is 0 Å². The van der Waals surface area contributed by atoms with E-state index < -0.39 is 29.7 Å². The van der Waals surface area contributed by atoms with Gasteiger partial charge < -0.3 is 20.3 Å². The molecule has 2 aromatic rings. The molecule has 2 N–H and O–H groups in total. The first-order valence-corrected chi connectivity index (χ1v) is 12.1. The first kappa shape index (κ1) is 24.6. The number of benzene rings is 2. The van der Waals surface area contributed by atoms with Crippen molar-refractivity contribution >= 4 is 23.5 Å². The highest BCUT2D eigenvalue weighted by atomic mass is 16.5. The molecule has 0 saturated carbocycles. The molecule has 0 spiro atoms. The maximum Gasteiger partial charge on any atom is 0.289 e. The fraction of sp³-hybridized carbons (Fsp3) is 0.407. The standard InChI is InChI=1S/C27H31N3O5/c31-24-14-13-23(30(24)18-20-10-5-2-6-11-20)26(33)29-22(16-19-8-3-1-4-9-19)25(32)27(34)28-17-21-12-7-15-35-21/h1-6,8-11,21-23H,7,12-18H2,(H,28,34)(H,29,33)/t21-,22?,23-/m0/s1. The first-order chi connectivity index (χ1) is 17.0. The Kier molecular flexibility index (Phi) is 8.26. The molecular formula is C27H31N3O5. The van der Waals surface area contributed by atoms with Crippen molar-refractivity contribution in [3.8, 4) is 0 Å². The molecule has 2 saturated heterocycles. The number of carbonyl (C=O) groups is 4. The Bertz CT molecular complexity index is 1040. The lowest BCUT2D eigenvalue weighted by Crippen LogP contribution is -2.54. The van der Waals surface area contributed by atoms with Crippen molar-refractivity contribution in [1.29, 1.82) is 0 Å². The molecule has 2 aromatic carbocycles. The molecule has 3 amide bonds. The van der Waals surface area contributed by atoms with Gasteiger partial charge in [0.1, 0.15) is 12.1 Å². The molecule has 35 heavy (non-hydrogen) atoms. The van der Waals surface area contributed by atoms with Gasteiger partial charge in [-0.1, -0.05) is 60.7 Å². The second kappa shape index (κ2) is 11.8.